The molecule has 0 spiro atoms. The molecule has 1 aromatic rings. The van der Waals surface area contributed by atoms with E-state index in [2.05, 4.69) is 15.3 Å². The monoisotopic (exact) mass is 249 g/mol. The number of amides is 1. The number of carboxylic acid groups (broad SMARTS) is 1. The molecule has 6 nitrogen and oxygen atoms in total. The predicted octanol–water partition coefficient (Wildman–Crippen LogP) is 0.639. The van der Waals surface area contributed by atoms with Gasteiger partial charge >= 0.3 is 5.97 Å². The van der Waals surface area contributed by atoms with Crippen molar-refractivity contribution in [1.82, 2.24) is 15.3 Å². The average molecular weight is 249 g/mol. The van der Waals surface area contributed by atoms with E-state index in [1.165, 1.54) is 12.5 Å². The van der Waals surface area contributed by atoms with Crippen molar-refractivity contribution >= 4 is 11.9 Å². The molecular formula is C12H15N3O3. The number of carbonyl (C=O) groups excluding carboxylic acids is 1. The number of aromatic nitrogens is 2. The van der Waals surface area contributed by atoms with E-state index in [1.54, 1.807) is 0 Å². The van der Waals surface area contributed by atoms with Crippen LogP contribution in [0.3, 0.4) is 0 Å². The zero-order valence-electron chi connectivity index (χ0n) is 9.80. The lowest BCUT2D eigenvalue weighted by molar-refractivity contribution is -0.144. The Bertz CT molecular complexity index is 471. The lowest BCUT2D eigenvalue weighted by Gasteiger charge is -2.28. The summed E-state index contributed by atoms with van der Waals surface area (Å²) in [5.41, 5.74) is 0.377. The minimum absolute atomic E-state index is 0.222. The Balaban J connectivity index is 1.75. The lowest BCUT2D eigenvalue weighted by Crippen LogP contribution is -2.46. The second kappa shape index (κ2) is 4.12. The van der Waals surface area contributed by atoms with Gasteiger partial charge in [0.25, 0.3) is 5.91 Å². The number of hydrogen-bond acceptors (Lipinski definition) is 3. The van der Waals surface area contributed by atoms with Crippen LogP contribution >= 0.6 is 0 Å². The van der Waals surface area contributed by atoms with Crippen LogP contribution in [0.25, 0.3) is 0 Å². The largest absolute Gasteiger partial charge is 0.481 e. The fraction of sp³-hybridized carbons (Fsp3) is 0.583. The van der Waals surface area contributed by atoms with Gasteiger partial charge < -0.3 is 15.4 Å². The third-order valence-electron chi connectivity index (χ3n) is 4.24. The molecule has 0 aromatic carbocycles. The highest BCUT2D eigenvalue weighted by Gasteiger charge is 2.51. The molecule has 0 aliphatic heterocycles. The molecule has 1 aromatic heterocycles. The maximum absolute atomic E-state index is 11.9. The molecule has 1 heterocycles. The van der Waals surface area contributed by atoms with Crippen LogP contribution in [-0.2, 0) is 4.79 Å². The minimum atomic E-state index is -0.794. The minimum Gasteiger partial charge on any atom is -0.481 e. The van der Waals surface area contributed by atoms with Gasteiger partial charge in [-0.1, -0.05) is 0 Å². The summed E-state index contributed by atoms with van der Waals surface area (Å²) in [6, 6.07) is -0.239. The zero-order chi connectivity index (χ0) is 12.7. The van der Waals surface area contributed by atoms with E-state index in [4.69, 9.17) is 0 Å². The molecule has 3 rings (SSSR count). The van der Waals surface area contributed by atoms with Crippen molar-refractivity contribution in [2.45, 2.75) is 25.3 Å². The van der Waals surface area contributed by atoms with Crippen molar-refractivity contribution in [3.05, 3.63) is 18.2 Å². The van der Waals surface area contributed by atoms with Crippen LogP contribution in [0.15, 0.2) is 12.5 Å². The van der Waals surface area contributed by atoms with Gasteiger partial charge in [-0.3, -0.25) is 9.59 Å². The highest BCUT2D eigenvalue weighted by molar-refractivity contribution is 5.92. The van der Waals surface area contributed by atoms with E-state index in [0.29, 0.717) is 11.6 Å². The molecule has 4 unspecified atom stereocenters. The summed E-state index contributed by atoms with van der Waals surface area (Å²) in [6.07, 6.45) is 5.79. The molecule has 96 valence electrons. The summed E-state index contributed by atoms with van der Waals surface area (Å²) in [4.78, 5) is 29.7. The smallest absolute Gasteiger partial charge is 0.308 e. The van der Waals surface area contributed by atoms with E-state index in [0.717, 1.165) is 19.3 Å². The number of aromatic amines is 1. The molecular weight excluding hydrogens is 234 g/mol. The van der Waals surface area contributed by atoms with Crippen molar-refractivity contribution in [1.29, 1.82) is 0 Å². The van der Waals surface area contributed by atoms with Gasteiger partial charge in [0.1, 0.15) is 5.69 Å². The van der Waals surface area contributed by atoms with Crippen LogP contribution < -0.4 is 5.32 Å². The maximum atomic E-state index is 11.9. The zero-order valence-corrected chi connectivity index (χ0v) is 9.80. The van der Waals surface area contributed by atoms with Crippen LogP contribution in [0.4, 0.5) is 0 Å². The maximum Gasteiger partial charge on any atom is 0.308 e. The Morgan fingerprint density at radius 1 is 1.39 bits per heavy atom. The Labute approximate surface area is 104 Å². The van der Waals surface area contributed by atoms with Crippen LogP contribution in [-0.4, -0.2) is 33.0 Å². The average Bonchev–Trinajstić information content (AvgIpc) is 3.05. The van der Waals surface area contributed by atoms with Crippen LogP contribution in [0.1, 0.15) is 29.8 Å². The Morgan fingerprint density at radius 2 is 2.17 bits per heavy atom. The summed E-state index contributed by atoms with van der Waals surface area (Å²) in [6.45, 7) is 0. The molecule has 0 radical (unpaired) electrons. The number of hydrogen-bond donors (Lipinski definition) is 3. The second-order valence-corrected chi connectivity index (χ2v) is 5.16. The molecule has 2 fully saturated rings. The Morgan fingerprint density at radius 3 is 2.83 bits per heavy atom. The van der Waals surface area contributed by atoms with Crippen LogP contribution in [0.2, 0.25) is 0 Å². The first-order valence-electron chi connectivity index (χ1n) is 6.19. The number of nitrogens with zero attached hydrogens (tertiary/aromatic N) is 1. The molecule has 0 saturated heterocycles. The van der Waals surface area contributed by atoms with Crippen molar-refractivity contribution in [2.75, 3.05) is 0 Å². The normalized spacial score (nSPS) is 33.6. The van der Waals surface area contributed by atoms with E-state index in [9.17, 15) is 14.7 Å². The van der Waals surface area contributed by atoms with Gasteiger partial charge in [0.05, 0.1) is 18.4 Å². The Hall–Kier alpha value is -1.85. The third-order valence-corrected chi connectivity index (χ3v) is 4.24. The first kappa shape index (κ1) is 11.3. The molecule has 4 atom stereocenters. The van der Waals surface area contributed by atoms with Gasteiger partial charge in [-0.25, -0.2) is 4.98 Å². The number of carboxylic acids is 1. The second-order valence-electron chi connectivity index (χ2n) is 5.16. The van der Waals surface area contributed by atoms with Gasteiger partial charge in [0.15, 0.2) is 0 Å². The predicted molar refractivity (Wildman–Crippen MR) is 61.8 cm³/mol. The number of carbonyl (C=O) groups is 2. The van der Waals surface area contributed by atoms with E-state index in [-0.39, 0.29) is 17.9 Å². The first-order valence-corrected chi connectivity index (χ1v) is 6.19. The third kappa shape index (κ3) is 1.68. The van der Waals surface area contributed by atoms with Gasteiger partial charge in [0, 0.05) is 6.04 Å². The number of nitrogens with one attached hydrogen (secondary N) is 2. The SMILES string of the molecule is O=C(NC1C2CCC(C2)C1C(=O)O)c1cnc[nH]1. The van der Waals surface area contributed by atoms with Crippen molar-refractivity contribution < 1.29 is 14.7 Å². The Kier molecular flexibility index (Phi) is 2.57. The standard InChI is InChI=1S/C12H15N3O3/c16-11(8-4-13-5-14-8)15-10-7-2-1-6(3-7)9(10)12(17)18/h4-7,9-10H,1-3H2,(H,13,14)(H,15,16)(H,17,18). The molecule has 6 heteroatoms. The van der Waals surface area contributed by atoms with Crippen molar-refractivity contribution in [2.24, 2.45) is 17.8 Å². The molecule has 2 saturated carbocycles. The number of rotatable bonds is 3. The number of fused-ring (bicyclic) bond motifs is 2. The number of H-pyrrole nitrogens is 1. The lowest BCUT2D eigenvalue weighted by atomic mass is 9.84. The molecule has 2 aliphatic rings. The fourth-order valence-electron chi connectivity index (χ4n) is 3.46. The molecule has 3 N–H and O–H groups in total. The van der Waals surface area contributed by atoms with E-state index in [1.807, 2.05) is 0 Å². The van der Waals surface area contributed by atoms with E-state index < -0.39 is 11.9 Å². The summed E-state index contributed by atoms with van der Waals surface area (Å²) in [7, 11) is 0. The van der Waals surface area contributed by atoms with E-state index >= 15 is 0 Å². The van der Waals surface area contributed by atoms with Crippen molar-refractivity contribution in [3.8, 4) is 0 Å². The van der Waals surface area contributed by atoms with Crippen molar-refractivity contribution in [3.63, 3.8) is 0 Å². The summed E-state index contributed by atoms with van der Waals surface area (Å²) in [5.74, 6) is -0.966. The van der Waals surface area contributed by atoms with Gasteiger partial charge in [-0.15, -0.1) is 0 Å². The number of aliphatic carboxylic acids is 1. The topological polar surface area (TPSA) is 95.1 Å². The summed E-state index contributed by atoms with van der Waals surface area (Å²) >= 11 is 0. The van der Waals surface area contributed by atoms with Gasteiger partial charge in [0.2, 0.25) is 0 Å². The molecule has 1 amide bonds. The molecule has 2 aliphatic carbocycles. The fourth-order valence-corrected chi connectivity index (χ4v) is 3.46. The highest BCUT2D eigenvalue weighted by Crippen LogP contribution is 2.48. The molecule has 18 heavy (non-hydrogen) atoms. The van der Waals surface area contributed by atoms with Crippen LogP contribution in [0.5, 0.6) is 0 Å². The van der Waals surface area contributed by atoms with Gasteiger partial charge in [-0.2, -0.15) is 0 Å². The number of imidazole rings is 1. The van der Waals surface area contributed by atoms with Gasteiger partial charge in [-0.05, 0) is 31.1 Å². The summed E-state index contributed by atoms with van der Waals surface area (Å²) < 4.78 is 0. The first-order chi connectivity index (χ1) is 8.66. The van der Waals surface area contributed by atoms with Crippen LogP contribution in [0, 0.1) is 17.8 Å². The summed E-state index contributed by atoms with van der Waals surface area (Å²) in [5, 5.41) is 12.1. The quantitative estimate of drug-likeness (QED) is 0.732. The molecule has 2 bridgehead atoms. The highest BCUT2D eigenvalue weighted by atomic mass is 16.4.